The van der Waals surface area contributed by atoms with E-state index in [-0.39, 0.29) is 5.41 Å². The zero-order chi connectivity index (χ0) is 10.0. The van der Waals surface area contributed by atoms with E-state index in [2.05, 4.69) is 23.0 Å². The number of nitrogens with zero attached hydrogens (tertiary/aromatic N) is 1. The topological polar surface area (TPSA) is 54.3 Å². The van der Waals surface area contributed by atoms with E-state index in [1.54, 1.807) is 0 Å². The average Bonchev–Trinajstić information content (AvgIpc) is 2.63. The Bertz CT molecular complexity index is 274. The minimum Gasteiger partial charge on any atom is -0.380 e. The molecular weight excluding hydrogens is 178 g/mol. The van der Waals surface area contributed by atoms with Gasteiger partial charge in [-0.2, -0.15) is 0 Å². The Hall–Kier alpha value is -1.00. The second-order valence-electron chi connectivity index (χ2n) is 4.12. The van der Waals surface area contributed by atoms with E-state index >= 15 is 0 Å². The molecule has 1 aliphatic heterocycles. The first-order valence-electron chi connectivity index (χ1n) is 4.87. The van der Waals surface area contributed by atoms with Crippen LogP contribution in [0.5, 0.6) is 0 Å². The fourth-order valence-electron chi connectivity index (χ4n) is 1.81. The van der Waals surface area contributed by atoms with Crippen molar-refractivity contribution in [3.8, 4) is 0 Å². The number of nitrogens with two attached hydrogens (primary N) is 1. The Kier molecular flexibility index (Phi) is 2.48. The van der Waals surface area contributed by atoms with E-state index in [4.69, 9.17) is 10.5 Å². The van der Waals surface area contributed by atoms with Crippen molar-refractivity contribution in [2.24, 2.45) is 11.1 Å². The third-order valence-electron chi connectivity index (χ3n) is 2.84. The first-order valence-corrected chi connectivity index (χ1v) is 4.87. The second kappa shape index (κ2) is 3.63. The Morgan fingerprint density at radius 1 is 1.64 bits per heavy atom. The number of ether oxygens (including phenoxy) is 1. The van der Waals surface area contributed by atoms with Crippen LogP contribution in [0.2, 0.25) is 0 Å². The minimum absolute atomic E-state index is 0.173. The Morgan fingerprint density at radius 3 is 2.86 bits per heavy atom. The molecule has 0 atom stereocenters. The summed E-state index contributed by atoms with van der Waals surface area (Å²) in [6, 6.07) is 2.06. The second-order valence-corrected chi connectivity index (χ2v) is 4.12. The Labute approximate surface area is 84.0 Å². The summed E-state index contributed by atoms with van der Waals surface area (Å²) in [7, 11) is 2.08. The predicted octanol–water partition coefficient (Wildman–Crippen LogP) is 0.426. The molecule has 1 aliphatic rings. The zero-order valence-corrected chi connectivity index (χ0v) is 8.49. The smallest absolute Gasteiger partial charge is 0.0574 e. The first kappa shape index (κ1) is 9.55. The van der Waals surface area contributed by atoms with Gasteiger partial charge in [-0.25, -0.2) is 0 Å². The number of hydrogen-bond acceptors (Lipinski definition) is 3. The largest absolute Gasteiger partial charge is 0.380 e. The molecule has 4 heteroatoms. The maximum Gasteiger partial charge on any atom is 0.0574 e. The number of nitrogens with one attached hydrogen (secondary N) is 1. The summed E-state index contributed by atoms with van der Waals surface area (Å²) >= 11 is 0. The zero-order valence-electron chi connectivity index (χ0n) is 8.49. The van der Waals surface area contributed by atoms with Crippen LogP contribution in [-0.4, -0.2) is 38.3 Å². The van der Waals surface area contributed by atoms with Crippen molar-refractivity contribution < 1.29 is 4.74 Å². The molecule has 0 bridgehead atoms. The predicted molar refractivity (Wildman–Crippen MR) is 56.4 cm³/mol. The van der Waals surface area contributed by atoms with Crippen molar-refractivity contribution in [1.82, 2.24) is 4.98 Å². The number of aromatic amines is 1. The van der Waals surface area contributed by atoms with Crippen molar-refractivity contribution in [2.75, 3.05) is 38.3 Å². The molecular formula is C10H17N3O. The van der Waals surface area contributed by atoms with Crippen molar-refractivity contribution in [1.29, 1.82) is 0 Å². The summed E-state index contributed by atoms with van der Waals surface area (Å²) in [4.78, 5) is 5.26. The minimum atomic E-state index is 0.173. The van der Waals surface area contributed by atoms with Gasteiger partial charge in [-0.1, -0.05) is 0 Å². The van der Waals surface area contributed by atoms with Gasteiger partial charge >= 0.3 is 0 Å². The van der Waals surface area contributed by atoms with Crippen molar-refractivity contribution in [3.63, 3.8) is 0 Å². The van der Waals surface area contributed by atoms with Crippen LogP contribution >= 0.6 is 0 Å². The van der Waals surface area contributed by atoms with Crippen LogP contribution in [0.1, 0.15) is 0 Å². The molecule has 1 aromatic heterocycles. The van der Waals surface area contributed by atoms with E-state index < -0.39 is 0 Å². The SMILES string of the molecule is CN(CC1(CN)COC1)c1cc[nH]c1. The van der Waals surface area contributed by atoms with E-state index in [0.29, 0.717) is 6.54 Å². The fourth-order valence-corrected chi connectivity index (χ4v) is 1.81. The quantitative estimate of drug-likeness (QED) is 0.732. The van der Waals surface area contributed by atoms with Gasteiger partial charge in [0.15, 0.2) is 0 Å². The molecule has 2 heterocycles. The van der Waals surface area contributed by atoms with Crippen molar-refractivity contribution in [3.05, 3.63) is 18.5 Å². The highest BCUT2D eigenvalue weighted by Gasteiger charge is 2.38. The van der Waals surface area contributed by atoms with E-state index in [9.17, 15) is 0 Å². The number of anilines is 1. The van der Waals surface area contributed by atoms with Crippen LogP contribution in [-0.2, 0) is 4.74 Å². The summed E-state index contributed by atoms with van der Waals surface area (Å²) < 4.78 is 5.23. The lowest BCUT2D eigenvalue weighted by Crippen LogP contribution is -2.54. The standard InChI is InChI=1S/C10H17N3O/c1-13(9-2-3-12-4-9)6-10(5-11)7-14-8-10/h2-4,12H,5-8,11H2,1H3. The molecule has 2 rings (SSSR count). The fraction of sp³-hybridized carbons (Fsp3) is 0.600. The molecule has 0 unspecified atom stereocenters. The molecule has 0 radical (unpaired) electrons. The van der Waals surface area contributed by atoms with E-state index in [1.165, 1.54) is 5.69 Å². The van der Waals surface area contributed by atoms with Crippen LogP contribution in [0.3, 0.4) is 0 Å². The first-order chi connectivity index (χ1) is 6.76. The van der Waals surface area contributed by atoms with Crippen molar-refractivity contribution >= 4 is 5.69 Å². The van der Waals surface area contributed by atoms with Crippen LogP contribution < -0.4 is 10.6 Å². The van der Waals surface area contributed by atoms with Crippen LogP contribution in [0.15, 0.2) is 18.5 Å². The third kappa shape index (κ3) is 1.63. The lowest BCUT2D eigenvalue weighted by Gasteiger charge is -2.43. The van der Waals surface area contributed by atoms with Crippen molar-refractivity contribution in [2.45, 2.75) is 0 Å². The number of aromatic nitrogens is 1. The summed E-state index contributed by atoms with van der Waals surface area (Å²) in [6.45, 7) is 3.24. The van der Waals surface area contributed by atoms with Crippen LogP contribution in [0.25, 0.3) is 0 Å². The van der Waals surface area contributed by atoms with Gasteiger partial charge in [0, 0.05) is 37.9 Å². The third-order valence-corrected chi connectivity index (χ3v) is 2.84. The normalized spacial score (nSPS) is 19.0. The van der Waals surface area contributed by atoms with Gasteiger partial charge in [0.25, 0.3) is 0 Å². The molecule has 0 aliphatic carbocycles. The Balaban J connectivity index is 1.97. The number of H-pyrrole nitrogens is 1. The molecule has 78 valence electrons. The van der Waals surface area contributed by atoms with Gasteiger partial charge < -0.3 is 20.4 Å². The van der Waals surface area contributed by atoms with Crippen LogP contribution in [0.4, 0.5) is 5.69 Å². The summed E-state index contributed by atoms with van der Waals surface area (Å²) in [5.41, 5.74) is 7.13. The maximum atomic E-state index is 5.76. The summed E-state index contributed by atoms with van der Waals surface area (Å²) in [5, 5.41) is 0. The van der Waals surface area contributed by atoms with Gasteiger partial charge in [0.1, 0.15) is 0 Å². The molecule has 1 saturated heterocycles. The molecule has 0 saturated carbocycles. The molecule has 1 fully saturated rings. The number of hydrogen-bond donors (Lipinski definition) is 2. The maximum absolute atomic E-state index is 5.76. The molecule has 1 aromatic rings. The molecule has 14 heavy (non-hydrogen) atoms. The monoisotopic (exact) mass is 195 g/mol. The lowest BCUT2D eigenvalue weighted by molar-refractivity contribution is -0.101. The van der Waals surface area contributed by atoms with Gasteiger partial charge in [0.2, 0.25) is 0 Å². The van der Waals surface area contributed by atoms with Crippen LogP contribution in [0, 0.1) is 5.41 Å². The number of rotatable bonds is 4. The highest BCUT2D eigenvalue weighted by atomic mass is 16.5. The summed E-state index contributed by atoms with van der Waals surface area (Å²) in [6.07, 6.45) is 3.92. The van der Waals surface area contributed by atoms with Gasteiger partial charge in [0.05, 0.1) is 18.9 Å². The van der Waals surface area contributed by atoms with E-state index in [0.717, 1.165) is 19.8 Å². The summed E-state index contributed by atoms with van der Waals surface area (Å²) in [5.74, 6) is 0. The highest BCUT2D eigenvalue weighted by molar-refractivity contribution is 5.43. The van der Waals surface area contributed by atoms with Gasteiger partial charge in [-0.15, -0.1) is 0 Å². The highest BCUT2D eigenvalue weighted by Crippen LogP contribution is 2.28. The molecule has 0 spiro atoms. The molecule has 0 aromatic carbocycles. The van der Waals surface area contributed by atoms with Gasteiger partial charge in [-0.3, -0.25) is 0 Å². The van der Waals surface area contributed by atoms with Gasteiger partial charge in [-0.05, 0) is 6.07 Å². The molecule has 3 N–H and O–H groups in total. The average molecular weight is 195 g/mol. The Morgan fingerprint density at radius 2 is 2.43 bits per heavy atom. The lowest BCUT2D eigenvalue weighted by atomic mass is 9.85. The van der Waals surface area contributed by atoms with E-state index in [1.807, 2.05) is 12.4 Å². The molecule has 0 amide bonds. The molecule has 4 nitrogen and oxygen atoms in total.